The molecule has 2 aromatic carbocycles. The molecule has 152 valence electrons. The van der Waals surface area contributed by atoms with E-state index in [9.17, 15) is 9.59 Å². The highest BCUT2D eigenvalue weighted by Gasteiger charge is 2.14. The maximum absolute atomic E-state index is 12.9. The monoisotopic (exact) mass is 425 g/mol. The van der Waals surface area contributed by atoms with E-state index in [-0.39, 0.29) is 22.8 Å². The minimum Gasteiger partial charge on any atom is -0.496 e. The molecule has 0 bridgehead atoms. The number of carbonyl (C=O) groups excluding carboxylic acids is 1. The van der Waals surface area contributed by atoms with E-state index in [0.717, 1.165) is 0 Å². The van der Waals surface area contributed by atoms with Crippen molar-refractivity contribution in [1.29, 1.82) is 0 Å². The predicted molar refractivity (Wildman–Crippen MR) is 110 cm³/mol. The first-order valence-corrected chi connectivity index (χ1v) is 9.43. The Hall–Kier alpha value is -3.58. The van der Waals surface area contributed by atoms with Gasteiger partial charge < -0.3 is 18.4 Å². The van der Waals surface area contributed by atoms with Crippen molar-refractivity contribution in [2.75, 3.05) is 7.11 Å². The van der Waals surface area contributed by atoms with E-state index in [2.05, 4.69) is 5.16 Å². The largest absolute Gasteiger partial charge is 0.496 e. The van der Waals surface area contributed by atoms with Crippen LogP contribution in [0.4, 0.5) is 0 Å². The number of carbonyl (C=O) groups is 1. The first-order valence-electron chi connectivity index (χ1n) is 9.06. The standard InChI is InChI=1S/C22H16ClNO6/c1-27-18-5-3-2-4-15(18)17-12-28-19-10-13(6-8-16(19)22(17)26)29-21(25)9-7-14-11-20(23)24-30-14/h2-6,8,10-12H,7,9H2,1H3. The van der Waals surface area contributed by atoms with Crippen molar-refractivity contribution in [1.82, 2.24) is 5.16 Å². The molecule has 0 radical (unpaired) electrons. The lowest BCUT2D eigenvalue weighted by molar-refractivity contribution is -0.134. The summed E-state index contributed by atoms with van der Waals surface area (Å²) in [6.07, 6.45) is 1.77. The minimum atomic E-state index is -0.463. The van der Waals surface area contributed by atoms with Crippen LogP contribution in [0.3, 0.4) is 0 Å². The zero-order chi connectivity index (χ0) is 21.1. The molecule has 7 nitrogen and oxygen atoms in total. The maximum Gasteiger partial charge on any atom is 0.311 e. The second-order valence-corrected chi connectivity index (χ2v) is 6.81. The number of benzene rings is 2. The minimum absolute atomic E-state index is 0.0836. The van der Waals surface area contributed by atoms with Crippen LogP contribution in [0.25, 0.3) is 22.1 Å². The Labute approximate surface area is 175 Å². The van der Waals surface area contributed by atoms with Gasteiger partial charge in [0.15, 0.2) is 5.15 Å². The van der Waals surface area contributed by atoms with Crippen molar-refractivity contribution in [2.45, 2.75) is 12.8 Å². The average Bonchev–Trinajstić information content (AvgIpc) is 3.18. The van der Waals surface area contributed by atoms with Crippen LogP contribution < -0.4 is 14.9 Å². The smallest absolute Gasteiger partial charge is 0.311 e. The number of hydrogen-bond donors (Lipinski definition) is 0. The number of rotatable bonds is 6. The van der Waals surface area contributed by atoms with Crippen LogP contribution >= 0.6 is 11.6 Å². The Bertz CT molecular complexity index is 1280. The van der Waals surface area contributed by atoms with Crippen LogP contribution in [0, 0.1) is 0 Å². The number of methoxy groups -OCH3 is 1. The van der Waals surface area contributed by atoms with Crippen LogP contribution in [0.1, 0.15) is 12.2 Å². The van der Waals surface area contributed by atoms with Gasteiger partial charge in [-0.1, -0.05) is 35.0 Å². The molecule has 0 aliphatic rings. The first-order chi connectivity index (χ1) is 14.5. The lowest BCUT2D eigenvalue weighted by Crippen LogP contribution is -2.09. The van der Waals surface area contributed by atoms with E-state index < -0.39 is 5.97 Å². The normalized spacial score (nSPS) is 10.9. The van der Waals surface area contributed by atoms with E-state index in [4.69, 9.17) is 30.0 Å². The number of halogens is 1. The fourth-order valence-corrected chi connectivity index (χ4v) is 3.19. The van der Waals surface area contributed by atoms with Crippen molar-refractivity contribution in [3.05, 3.63) is 75.9 Å². The summed E-state index contributed by atoms with van der Waals surface area (Å²) in [5.74, 6) is 0.874. The second kappa shape index (κ2) is 8.42. The summed E-state index contributed by atoms with van der Waals surface area (Å²) < 4.78 is 21.3. The summed E-state index contributed by atoms with van der Waals surface area (Å²) in [4.78, 5) is 25.0. The van der Waals surface area contributed by atoms with Gasteiger partial charge in [0.1, 0.15) is 29.1 Å². The topological polar surface area (TPSA) is 91.8 Å². The molecule has 2 heterocycles. The summed E-state index contributed by atoms with van der Waals surface area (Å²) in [5.41, 5.74) is 1.13. The highest BCUT2D eigenvalue weighted by molar-refractivity contribution is 6.29. The molecule has 2 aromatic heterocycles. The van der Waals surface area contributed by atoms with Gasteiger partial charge in [0, 0.05) is 24.1 Å². The zero-order valence-corrected chi connectivity index (χ0v) is 16.6. The Kier molecular flexibility index (Phi) is 5.54. The van der Waals surface area contributed by atoms with Crippen LogP contribution in [0.2, 0.25) is 5.15 Å². The van der Waals surface area contributed by atoms with E-state index in [1.807, 2.05) is 12.1 Å². The first kappa shape index (κ1) is 19.7. The summed E-state index contributed by atoms with van der Waals surface area (Å²) in [6.45, 7) is 0. The second-order valence-electron chi connectivity index (χ2n) is 6.43. The lowest BCUT2D eigenvalue weighted by Gasteiger charge is -2.09. The SMILES string of the molecule is COc1ccccc1-c1coc2cc(OC(=O)CCc3cc(Cl)no3)ccc2c1=O. The molecule has 8 heteroatoms. The summed E-state index contributed by atoms with van der Waals surface area (Å²) in [5, 5.41) is 4.15. The predicted octanol–water partition coefficient (Wildman–Crippen LogP) is 4.65. The van der Waals surface area contributed by atoms with Gasteiger partial charge in [-0.15, -0.1) is 0 Å². The third kappa shape index (κ3) is 4.06. The van der Waals surface area contributed by atoms with E-state index >= 15 is 0 Å². The van der Waals surface area contributed by atoms with Gasteiger partial charge in [0.2, 0.25) is 5.43 Å². The molecule has 30 heavy (non-hydrogen) atoms. The molecule has 0 amide bonds. The van der Waals surface area contributed by atoms with Crippen LogP contribution in [0.5, 0.6) is 11.5 Å². The van der Waals surface area contributed by atoms with E-state index in [1.165, 1.54) is 12.3 Å². The van der Waals surface area contributed by atoms with Gasteiger partial charge in [-0.2, -0.15) is 0 Å². The molecule has 0 N–H and O–H groups in total. The van der Waals surface area contributed by atoms with Gasteiger partial charge in [-0.05, 0) is 18.2 Å². The van der Waals surface area contributed by atoms with Crippen molar-refractivity contribution >= 4 is 28.5 Å². The van der Waals surface area contributed by atoms with Gasteiger partial charge in [0.05, 0.1) is 24.5 Å². The fraction of sp³-hybridized carbons (Fsp3) is 0.136. The molecule has 4 rings (SSSR count). The molecule has 0 fully saturated rings. The van der Waals surface area contributed by atoms with E-state index in [1.54, 1.807) is 37.4 Å². The number of aromatic nitrogens is 1. The van der Waals surface area contributed by atoms with Gasteiger partial charge in [-0.25, -0.2) is 0 Å². The van der Waals surface area contributed by atoms with Crippen molar-refractivity contribution in [2.24, 2.45) is 0 Å². The molecule has 0 spiro atoms. The maximum atomic E-state index is 12.9. The summed E-state index contributed by atoms with van der Waals surface area (Å²) >= 11 is 5.68. The number of ether oxygens (including phenoxy) is 2. The Morgan fingerprint density at radius 1 is 1.13 bits per heavy atom. The Morgan fingerprint density at radius 2 is 1.97 bits per heavy atom. The molecule has 4 aromatic rings. The molecular weight excluding hydrogens is 410 g/mol. The van der Waals surface area contributed by atoms with Crippen molar-refractivity contribution in [3.63, 3.8) is 0 Å². The molecule has 0 saturated carbocycles. The van der Waals surface area contributed by atoms with Gasteiger partial charge in [0.25, 0.3) is 0 Å². The highest BCUT2D eigenvalue weighted by Crippen LogP contribution is 2.29. The van der Waals surface area contributed by atoms with Gasteiger partial charge in [-0.3, -0.25) is 9.59 Å². The van der Waals surface area contributed by atoms with Gasteiger partial charge >= 0.3 is 5.97 Å². The lowest BCUT2D eigenvalue weighted by atomic mass is 10.0. The molecule has 0 aliphatic carbocycles. The fourth-order valence-electron chi connectivity index (χ4n) is 3.04. The van der Waals surface area contributed by atoms with Crippen molar-refractivity contribution < 1.29 is 23.2 Å². The number of hydrogen-bond acceptors (Lipinski definition) is 7. The average molecular weight is 426 g/mol. The third-order valence-corrected chi connectivity index (χ3v) is 4.66. The van der Waals surface area contributed by atoms with Crippen LogP contribution in [-0.2, 0) is 11.2 Å². The Balaban J connectivity index is 1.55. The van der Waals surface area contributed by atoms with E-state index in [0.29, 0.717) is 40.0 Å². The van der Waals surface area contributed by atoms with Crippen LogP contribution in [0.15, 0.2) is 68.5 Å². The molecule has 0 unspecified atom stereocenters. The number of para-hydroxylation sites is 1. The molecule has 0 saturated heterocycles. The molecular formula is C22H16ClNO6. The molecule has 0 aliphatic heterocycles. The highest BCUT2D eigenvalue weighted by atomic mass is 35.5. The van der Waals surface area contributed by atoms with Crippen LogP contribution in [-0.4, -0.2) is 18.2 Å². The number of aryl methyl sites for hydroxylation is 1. The summed E-state index contributed by atoms with van der Waals surface area (Å²) in [7, 11) is 1.54. The Morgan fingerprint density at radius 3 is 2.73 bits per heavy atom. The number of nitrogens with zero attached hydrogens (tertiary/aromatic N) is 1. The third-order valence-electron chi connectivity index (χ3n) is 4.48. The zero-order valence-electron chi connectivity index (χ0n) is 15.9. The summed E-state index contributed by atoms with van der Waals surface area (Å²) in [6, 6.07) is 13.4. The molecule has 0 atom stereocenters. The van der Waals surface area contributed by atoms with Crippen molar-refractivity contribution in [3.8, 4) is 22.6 Å². The number of esters is 1. The number of fused-ring (bicyclic) bond motifs is 1. The quantitative estimate of drug-likeness (QED) is 0.328.